The van der Waals surface area contributed by atoms with Gasteiger partial charge in [0.25, 0.3) is 5.91 Å². The Kier molecular flexibility index (Phi) is 6.44. The van der Waals surface area contributed by atoms with Crippen LogP contribution in [0.1, 0.15) is 44.9 Å². The zero-order valence-electron chi connectivity index (χ0n) is 21.6. The zero-order valence-corrected chi connectivity index (χ0v) is 21.6. The van der Waals surface area contributed by atoms with Crippen LogP contribution in [0.25, 0.3) is 0 Å². The molecule has 3 aliphatic rings. The number of halogens is 1. The van der Waals surface area contributed by atoms with Gasteiger partial charge in [-0.1, -0.05) is 18.2 Å². The van der Waals surface area contributed by atoms with E-state index in [2.05, 4.69) is 16.9 Å². The number of rotatable bonds is 9. The second-order valence-corrected chi connectivity index (χ2v) is 10.7. The van der Waals surface area contributed by atoms with Crippen LogP contribution < -0.4 is 9.80 Å². The molecule has 0 unspecified atom stereocenters. The summed E-state index contributed by atoms with van der Waals surface area (Å²) in [5.74, 6) is -1.23. The Hall–Kier alpha value is -3.11. The molecule has 2 aromatic rings. The number of amides is 2. The van der Waals surface area contributed by atoms with E-state index in [0.29, 0.717) is 55.8 Å². The Morgan fingerprint density at radius 1 is 1.35 bits per heavy atom. The third-order valence-corrected chi connectivity index (χ3v) is 8.01. The number of anilines is 2. The van der Waals surface area contributed by atoms with E-state index in [4.69, 9.17) is 9.84 Å². The molecule has 5 rings (SSSR count). The monoisotopic (exact) mass is 511 g/mol. The number of alkyl halides is 1. The molecular formula is C27H34FN5O4. The van der Waals surface area contributed by atoms with Gasteiger partial charge in [0.05, 0.1) is 17.5 Å². The second kappa shape index (κ2) is 9.33. The molecule has 4 heterocycles. The van der Waals surface area contributed by atoms with E-state index in [1.54, 1.807) is 26.8 Å². The summed E-state index contributed by atoms with van der Waals surface area (Å²) in [6, 6.07) is 5.57. The zero-order chi connectivity index (χ0) is 26.5. The van der Waals surface area contributed by atoms with Crippen LogP contribution in [0.5, 0.6) is 0 Å². The lowest BCUT2D eigenvalue weighted by atomic mass is 9.71. The fourth-order valence-corrected chi connectivity index (χ4v) is 6.31. The Bertz CT molecular complexity index is 1220. The number of carbonyl (C=O) groups excluding carboxylic acids is 2. The normalized spacial score (nSPS) is 27.2. The number of nitrogens with zero attached hydrogens (tertiary/aromatic N) is 5. The molecule has 2 fully saturated rings. The van der Waals surface area contributed by atoms with Crippen LogP contribution in [-0.4, -0.2) is 63.4 Å². The minimum atomic E-state index is -1.62. The molecule has 0 radical (unpaired) electrons. The number of aliphatic hydroxyl groups is 1. The van der Waals surface area contributed by atoms with E-state index < -0.39 is 29.2 Å². The van der Waals surface area contributed by atoms with Crippen molar-refractivity contribution in [2.75, 3.05) is 29.5 Å². The number of aromatic nitrogens is 3. The van der Waals surface area contributed by atoms with Crippen LogP contribution in [0.15, 0.2) is 37.1 Å². The first kappa shape index (κ1) is 25.5. The molecule has 37 heavy (non-hydrogen) atoms. The van der Waals surface area contributed by atoms with Crippen molar-refractivity contribution in [3.8, 4) is 0 Å². The molecule has 1 aromatic carbocycles. The van der Waals surface area contributed by atoms with Gasteiger partial charge in [0.2, 0.25) is 5.91 Å². The Morgan fingerprint density at radius 2 is 2.14 bits per heavy atom. The van der Waals surface area contributed by atoms with Crippen molar-refractivity contribution < 1.29 is 23.8 Å². The number of hydrogen-bond acceptors (Lipinski definition) is 6. The number of ether oxygens (including phenoxy) is 1. The van der Waals surface area contributed by atoms with Crippen molar-refractivity contribution in [3.05, 3.63) is 48.3 Å². The number of β-lactam (4-membered cyclic amide) rings is 1. The standard InChI is InChI=1S/C27H34FN5O4/c1-5-11-33-21-7-6-19(32-13-9-23(32)35)15-20(21)27(25(33)36)17(2)24(26(3,4)28)22(37-27)8-12-31-16-18(10-14-34)29-30-31/h5-7,15-17,22,24,34H,1,8-14H2,2-4H3/t17-,22+,24-,27+/m1/s1. The van der Waals surface area contributed by atoms with Gasteiger partial charge < -0.3 is 19.6 Å². The summed E-state index contributed by atoms with van der Waals surface area (Å²) in [5, 5.41) is 17.3. The van der Waals surface area contributed by atoms with Gasteiger partial charge in [-0.3, -0.25) is 14.3 Å². The lowest BCUT2D eigenvalue weighted by Gasteiger charge is -2.33. The van der Waals surface area contributed by atoms with E-state index in [-0.39, 0.29) is 18.4 Å². The highest BCUT2D eigenvalue weighted by Crippen LogP contribution is 2.58. The number of carbonyl (C=O) groups is 2. The maximum absolute atomic E-state index is 15.8. The molecule has 3 aliphatic heterocycles. The average molecular weight is 512 g/mol. The third-order valence-electron chi connectivity index (χ3n) is 8.01. The second-order valence-electron chi connectivity index (χ2n) is 10.7. The molecule has 2 amide bonds. The molecule has 0 aliphatic carbocycles. The molecule has 1 N–H and O–H groups in total. The maximum atomic E-state index is 15.8. The summed E-state index contributed by atoms with van der Waals surface area (Å²) in [7, 11) is 0. The molecule has 10 heteroatoms. The highest BCUT2D eigenvalue weighted by molar-refractivity contribution is 6.09. The first-order valence-electron chi connectivity index (χ1n) is 12.9. The Balaban J connectivity index is 1.53. The lowest BCUT2D eigenvalue weighted by molar-refractivity contribution is -0.146. The third kappa shape index (κ3) is 4.06. The van der Waals surface area contributed by atoms with Gasteiger partial charge in [0.1, 0.15) is 5.67 Å². The lowest BCUT2D eigenvalue weighted by Crippen LogP contribution is -2.46. The minimum Gasteiger partial charge on any atom is -0.396 e. The van der Waals surface area contributed by atoms with Crippen LogP contribution in [-0.2, 0) is 32.9 Å². The van der Waals surface area contributed by atoms with E-state index >= 15 is 4.39 Å². The molecule has 2 saturated heterocycles. The maximum Gasteiger partial charge on any atom is 0.264 e. The summed E-state index contributed by atoms with van der Waals surface area (Å²) in [6.07, 6.45) is 4.20. The molecule has 4 atom stereocenters. The predicted molar refractivity (Wildman–Crippen MR) is 136 cm³/mol. The summed E-state index contributed by atoms with van der Waals surface area (Å²) >= 11 is 0. The predicted octanol–water partition coefficient (Wildman–Crippen LogP) is 2.77. The largest absolute Gasteiger partial charge is 0.396 e. The molecule has 1 aromatic heterocycles. The highest BCUT2D eigenvalue weighted by Gasteiger charge is 2.66. The first-order chi connectivity index (χ1) is 17.6. The van der Waals surface area contributed by atoms with Crippen LogP contribution in [0, 0.1) is 11.8 Å². The van der Waals surface area contributed by atoms with E-state index in [1.165, 1.54) is 13.8 Å². The molecule has 0 saturated carbocycles. The van der Waals surface area contributed by atoms with Gasteiger partial charge in [-0.2, -0.15) is 0 Å². The highest BCUT2D eigenvalue weighted by atomic mass is 19.1. The first-order valence-corrected chi connectivity index (χ1v) is 12.9. The van der Waals surface area contributed by atoms with Gasteiger partial charge in [-0.05, 0) is 38.5 Å². The van der Waals surface area contributed by atoms with Gasteiger partial charge in [0.15, 0.2) is 5.60 Å². The molecule has 1 spiro atoms. The molecular weight excluding hydrogens is 477 g/mol. The SMILES string of the molecule is C=CCN1C(=O)[C@@]2(O[C@@H](CCn3cc(CCO)nn3)[C@H](C(C)(C)F)[C@H]2C)c2cc(N3CCC3=O)ccc21. The molecule has 0 bridgehead atoms. The number of aliphatic hydroxyl groups excluding tert-OH is 1. The number of aryl methyl sites for hydroxylation is 1. The van der Waals surface area contributed by atoms with Crippen molar-refractivity contribution in [1.82, 2.24) is 15.0 Å². The smallest absolute Gasteiger partial charge is 0.264 e. The van der Waals surface area contributed by atoms with Crippen molar-refractivity contribution in [3.63, 3.8) is 0 Å². The Morgan fingerprint density at radius 3 is 2.76 bits per heavy atom. The van der Waals surface area contributed by atoms with Crippen LogP contribution in [0.2, 0.25) is 0 Å². The van der Waals surface area contributed by atoms with Gasteiger partial charge in [0, 0.05) is 68.4 Å². The van der Waals surface area contributed by atoms with Crippen molar-refractivity contribution in [1.29, 1.82) is 0 Å². The molecule has 198 valence electrons. The summed E-state index contributed by atoms with van der Waals surface area (Å²) in [4.78, 5) is 29.6. The fraction of sp³-hybridized carbons (Fsp3) is 0.556. The quantitative estimate of drug-likeness (QED) is 0.411. The minimum absolute atomic E-state index is 0.0175. The van der Waals surface area contributed by atoms with E-state index in [0.717, 1.165) is 5.69 Å². The number of benzene rings is 1. The van der Waals surface area contributed by atoms with Crippen LogP contribution in [0.3, 0.4) is 0 Å². The average Bonchev–Trinajstić information content (AvgIpc) is 3.47. The van der Waals surface area contributed by atoms with E-state index in [1.807, 2.05) is 25.1 Å². The Labute approximate surface area is 215 Å². The number of fused-ring (bicyclic) bond motifs is 2. The summed E-state index contributed by atoms with van der Waals surface area (Å²) in [5.41, 5.74) is -0.214. The summed E-state index contributed by atoms with van der Waals surface area (Å²) < 4.78 is 24.2. The number of hydrogen-bond donors (Lipinski definition) is 1. The van der Waals surface area contributed by atoms with Crippen LogP contribution in [0.4, 0.5) is 15.8 Å². The molecule has 9 nitrogen and oxygen atoms in total. The van der Waals surface area contributed by atoms with Crippen molar-refractivity contribution in [2.24, 2.45) is 11.8 Å². The van der Waals surface area contributed by atoms with Gasteiger partial charge in [-0.15, -0.1) is 11.7 Å². The van der Waals surface area contributed by atoms with Gasteiger partial charge in [-0.25, -0.2) is 4.39 Å². The topological polar surface area (TPSA) is 101 Å². The van der Waals surface area contributed by atoms with Gasteiger partial charge >= 0.3 is 0 Å². The fourth-order valence-electron chi connectivity index (χ4n) is 6.31. The van der Waals surface area contributed by atoms with E-state index in [9.17, 15) is 9.59 Å². The van der Waals surface area contributed by atoms with Crippen molar-refractivity contribution in [2.45, 2.75) is 64.0 Å². The van der Waals surface area contributed by atoms with Crippen LogP contribution >= 0.6 is 0 Å². The summed E-state index contributed by atoms with van der Waals surface area (Å²) in [6.45, 7) is 10.1. The van der Waals surface area contributed by atoms with Crippen molar-refractivity contribution >= 4 is 23.2 Å².